The molecule has 0 aliphatic carbocycles. The van der Waals surface area contributed by atoms with Crippen molar-refractivity contribution in [2.75, 3.05) is 7.05 Å². The van der Waals surface area contributed by atoms with Gasteiger partial charge in [-0.3, -0.25) is 0 Å². The van der Waals surface area contributed by atoms with Gasteiger partial charge in [-0.25, -0.2) is 0 Å². The van der Waals surface area contributed by atoms with Gasteiger partial charge in [-0.15, -0.1) is 0 Å². The third-order valence-corrected chi connectivity index (χ3v) is 4.90. The maximum Gasteiger partial charge on any atom is 0.0869 e. The Hall–Kier alpha value is -0.900. The molecule has 18 heavy (non-hydrogen) atoms. The zero-order chi connectivity index (χ0) is 12.8. The molecule has 3 nitrogen and oxygen atoms in total. The van der Waals surface area contributed by atoms with E-state index in [2.05, 4.69) is 11.9 Å². The Kier molecular flexibility index (Phi) is 2.93. The van der Waals surface area contributed by atoms with Crippen molar-refractivity contribution in [3.63, 3.8) is 0 Å². The molecule has 2 aliphatic rings. The van der Waals surface area contributed by atoms with E-state index >= 15 is 0 Å². The average molecular weight is 246 g/mol. The Labute approximate surface area is 109 Å². The minimum atomic E-state index is -0.736. The van der Waals surface area contributed by atoms with E-state index in [1.807, 2.05) is 30.3 Å². The normalized spacial score (nSPS) is 37.7. The minimum absolute atomic E-state index is 0.268. The number of rotatable bonds is 2. The Morgan fingerprint density at radius 2 is 1.78 bits per heavy atom. The van der Waals surface area contributed by atoms with Gasteiger partial charge in [0.2, 0.25) is 0 Å². The van der Waals surface area contributed by atoms with Crippen LogP contribution < -0.4 is 5.73 Å². The molecular weight excluding hydrogens is 224 g/mol. The van der Waals surface area contributed by atoms with Crippen LogP contribution in [0.25, 0.3) is 0 Å². The fourth-order valence-corrected chi connectivity index (χ4v) is 3.71. The summed E-state index contributed by atoms with van der Waals surface area (Å²) in [6.07, 6.45) is 4.00. The molecule has 3 heteroatoms. The molecule has 2 heterocycles. The highest BCUT2D eigenvalue weighted by atomic mass is 16.3. The molecule has 0 spiro atoms. The van der Waals surface area contributed by atoms with E-state index < -0.39 is 5.60 Å². The third-order valence-electron chi connectivity index (χ3n) is 4.90. The van der Waals surface area contributed by atoms with Crippen molar-refractivity contribution in [3.05, 3.63) is 35.9 Å². The van der Waals surface area contributed by atoms with Crippen molar-refractivity contribution in [3.8, 4) is 0 Å². The molecule has 0 saturated carbocycles. The Balaban J connectivity index is 1.84. The number of hydrogen-bond donors (Lipinski definition) is 2. The van der Waals surface area contributed by atoms with E-state index in [1.165, 1.54) is 12.8 Å². The maximum absolute atomic E-state index is 10.9. The van der Waals surface area contributed by atoms with Crippen LogP contribution >= 0.6 is 0 Å². The second kappa shape index (κ2) is 4.34. The first-order chi connectivity index (χ1) is 8.60. The molecule has 2 saturated heterocycles. The lowest BCUT2D eigenvalue weighted by molar-refractivity contribution is -0.0629. The van der Waals surface area contributed by atoms with Gasteiger partial charge in [0.25, 0.3) is 0 Å². The zero-order valence-electron chi connectivity index (χ0n) is 10.9. The Morgan fingerprint density at radius 1 is 1.22 bits per heavy atom. The standard InChI is InChI=1S/C15H22N2O/c1-17-12-7-8-13(17)10-15(18,9-12)14(16)11-5-3-2-4-6-11/h2-6,12-14,18H,7-10,16H2,1H3. The van der Waals surface area contributed by atoms with Crippen LogP contribution in [-0.4, -0.2) is 34.7 Å². The second-order valence-corrected chi connectivity index (χ2v) is 5.95. The van der Waals surface area contributed by atoms with Crippen LogP contribution in [0.3, 0.4) is 0 Å². The number of benzene rings is 1. The van der Waals surface area contributed by atoms with Gasteiger partial charge in [0.1, 0.15) is 0 Å². The first-order valence-electron chi connectivity index (χ1n) is 6.85. The van der Waals surface area contributed by atoms with Crippen LogP contribution in [0.2, 0.25) is 0 Å². The molecule has 0 radical (unpaired) electrons. The quantitative estimate of drug-likeness (QED) is 0.834. The summed E-state index contributed by atoms with van der Waals surface area (Å²) in [5, 5.41) is 10.9. The summed E-state index contributed by atoms with van der Waals surface area (Å²) in [4.78, 5) is 2.42. The van der Waals surface area contributed by atoms with Crippen molar-refractivity contribution in [1.82, 2.24) is 4.90 Å². The summed E-state index contributed by atoms with van der Waals surface area (Å²) in [5.41, 5.74) is 6.64. The lowest BCUT2D eigenvalue weighted by Crippen LogP contribution is -2.54. The number of nitrogens with zero attached hydrogens (tertiary/aromatic N) is 1. The molecule has 1 aromatic carbocycles. The smallest absolute Gasteiger partial charge is 0.0869 e. The number of hydrogen-bond acceptors (Lipinski definition) is 3. The number of fused-ring (bicyclic) bond motifs is 2. The largest absolute Gasteiger partial charge is 0.388 e. The zero-order valence-corrected chi connectivity index (χ0v) is 10.9. The fraction of sp³-hybridized carbons (Fsp3) is 0.600. The van der Waals surface area contributed by atoms with Crippen molar-refractivity contribution in [1.29, 1.82) is 0 Å². The molecular formula is C15H22N2O. The minimum Gasteiger partial charge on any atom is -0.388 e. The molecule has 3 atom stereocenters. The first kappa shape index (κ1) is 12.2. The molecule has 0 aromatic heterocycles. The molecule has 2 aliphatic heterocycles. The highest BCUT2D eigenvalue weighted by Gasteiger charge is 2.49. The van der Waals surface area contributed by atoms with E-state index in [0.717, 1.165) is 18.4 Å². The van der Waals surface area contributed by atoms with Gasteiger partial charge < -0.3 is 15.7 Å². The van der Waals surface area contributed by atoms with Crippen LogP contribution in [0.1, 0.15) is 37.3 Å². The Morgan fingerprint density at radius 3 is 2.33 bits per heavy atom. The van der Waals surface area contributed by atoms with Crippen LogP contribution in [0.5, 0.6) is 0 Å². The third kappa shape index (κ3) is 1.87. The monoisotopic (exact) mass is 246 g/mol. The average Bonchev–Trinajstić information content (AvgIpc) is 2.63. The van der Waals surface area contributed by atoms with Crippen molar-refractivity contribution in [2.24, 2.45) is 5.73 Å². The highest BCUT2D eigenvalue weighted by Crippen LogP contribution is 2.44. The summed E-state index contributed by atoms with van der Waals surface area (Å²) in [6, 6.07) is 10.7. The predicted octanol–water partition coefficient (Wildman–Crippen LogP) is 1.67. The van der Waals surface area contributed by atoms with Gasteiger partial charge in [-0.2, -0.15) is 0 Å². The molecule has 3 N–H and O–H groups in total. The lowest BCUT2D eigenvalue weighted by atomic mass is 9.78. The molecule has 2 bridgehead atoms. The topological polar surface area (TPSA) is 49.5 Å². The van der Waals surface area contributed by atoms with E-state index in [-0.39, 0.29) is 6.04 Å². The van der Waals surface area contributed by atoms with Gasteiger partial charge in [0, 0.05) is 12.1 Å². The lowest BCUT2D eigenvalue weighted by Gasteiger charge is -2.45. The molecule has 3 unspecified atom stereocenters. The van der Waals surface area contributed by atoms with Crippen molar-refractivity contribution in [2.45, 2.75) is 49.4 Å². The maximum atomic E-state index is 10.9. The highest BCUT2D eigenvalue weighted by molar-refractivity contribution is 5.23. The van der Waals surface area contributed by atoms with E-state index in [9.17, 15) is 5.11 Å². The van der Waals surface area contributed by atoms with Crippen LogP contribution in [0.4, 0.5) is 0 Å². The van der Waals surface area contributed by atoms with Crippen LogP contribution in [0, 0.1) is 0 Å². The summed E-state index contributed by atoms with van der Waals surface area (Å²) in [7, 11) is 2.18. The molecule has 0 amide bonds. The predicted molar refractivity (Wildman–Crippen MR) is 72.1 cm³/mol. The number of nitrogens with two attached hydrogens (primary N) is 1. The molecule has 1 aromatic rings. The van der Waals surface area contributed by atoms with Gasteiger partial charge >= 0.3 is 0 Å². The summed E-state index contributed by atoms with van der Waals surface area (Å²) < 4.78 is 0. The van der Waals surface area contributed by atoms with E-state index in [4.69, 9.17) is 5.73 Å². The van der Waals surface area contributed by atoms with Crippen LogP contribution in [0.15, 0.2) is 30.3 Å². The van der Waals surface area contributed by atoms with Gasteiger partial charge in [-0.1, -0.05) is 30.3 Å². The van der Waals surface area contributed by atoms with E-state index in [1.54, 1.807) is 0 Å². The molecule has 2 fully saturated rings. The summed E-state index contributed by atoms with van der Waals surface area (Å²) in [6.45, 7) is 0. The second-order valence-electron chi connectivity index (χ2n) is 5.95. The number of aliphatic hydroxyl groups is 1. The summed E-state index contributed by atoms with van der Waals surface area (Å²) in [5.74, 6) is 0. The summed E-state index contributed by atoms with van der Waals surface area (Å²) >= 11 is 0. The molecule has 3 rings (SSSR count). The number of piperidine rings is 1. The molecule has 98 valence electrons. The Bertz CT molecular complexity index is 406. The van der Waals surface area contributed by atoms with Gasteiger partial charge in [0.15, 0.2) is 0 Å². The fourth-order valence-electron chi connectivity index (χ4n) is 3.71. The van der Waals surface area contributed by atoms with Gasteiger partial charge in [0.05, 0.1) is 11.6 Å². The van der Waals surface area contributed by atoms with Gasteiger partial charge in [-0.05, 0) is 38.3 Å². The SMILES string of the molecule is CN1C2CCC1CC(O)(C(N)c1ccccc1)C2. The van der Waals surface area contributed by atoms with Crippen molar-refractivity contribution >= 4 is 0 Å². The van der Waals surface area contributed by atoms with Crippen LogP contribution in [-0.2, 0) is 0 Å². The van der Waals surface area contributed by atoms with Crippen molar-refractivity contribution < 1.29 is 5.11 Å². The first-order valence-corrected chi connectivity index (χ1v) is 6.85. The van der Waals surface area contributed by atoms with E-state index in [0.29, 0.717) is 12.1 Å².